The Balaban J connectivity index is 2.10. The van der Waals surface area contributed by atoms with Crippen molar-refractivity contribution < 1.29 is 24.1 Å². The molecule has 0 bridgehead atoms. The minimum absolute atomic E-state index is 0.0894. The standard InChI is InChI=1S/C22H25NO5/c1-7-16-13(2)21(14-8-9-18(25-3)17(24)10-14)23(16)15-11-19(26-4)22(28-6)20(12-15)27-5/h7-12,21,24H,2H2,1,3-6H3/b16-7+/t21-/m1/s1. The first-order valence-corrected chi connectivity index (χ1v) is 8.82. The molecule has 2 aromatic rings. The van der Waals surface area contributed by atoms with Crippen LogP contribution in [0.25, 0.3) is 0 Å². The minimum atomic E-state index is -0.134. The minimum Gasteiger partial charge on any atom is -0.504 e. The summed E-state index contributed by atoms with van der Waals surface area (Å²) >= 11 is 0. The van der Waals surface area contributed by atoms with Crippen molar-refractivity contribution >= 4 is 5.69 Å². The first-order chi connectivity index (χ1) is 13.5. The van der Waals surface area contributed by atoms with Crippen LogP contribution in [0.4, 0.5) is 5.69 Å². The summed E-state index contributed by atoms with van der Waals surface area (Å²) in [5.41, 5.74) is 3.73. The highest BCUT2D eigenvalue weighted by atomic mass is 16.5. The third-order valence-electron chi connectivity index (χ3n) is 4.90. The Kier molecular flexibility index (Phi) is 5.40. The molecule has 1 fully saturated rings. The van der Waals surface area contributed by atoms with E-state index in [0.29, 0.717) is 23.0 Å². The van der Waals surface area contributed by atoms with Gasteiger partial charge in [-0.05, 0) is 30.2 Å². The molecule has 0 aromatic heterocycles. The summed E-state index contributed by atoms with van der Waals surface area (Å²) in [5, 5.41) is 10.2. The number of anilines is 1. The quantitative estimate of drug-likeness (QED) is 0.795. The molecule has 2 aromatic carbocycles. The van der Waals surface area contributed by atoms with Gasteiger partial charge in [0, 0.05) is 23.5 Å². The van der Waals surface area contributed by atoms with Gasteiger partial charge < -0.3 is 29.0 Å². The van der Waals surface area contributed by atoms with Crippen LogP contribution in [0.1, 0.15) is 18.5 Å². The number of aromatic hydroxyl groups is 1. The van der Waals surface area contributed by atoms with Crippen LogP contribution < -0.4 is 23.8 Å². The number of methoxy groups -OCH3 is 4. The molecule has 0 unspecified atom stereocenters. The molecule has 3 rings (SSSR count). The highest BCUT2D eigenvalue weighted by Crippen LogP contribution is 2.52. The summed E-state index contributed by atoms with van der Waals surface area (Å²) in [7, 11) is 6.28. The van der Waals surface area contributed by atoms with Gasteiger partial charge in [0.15, 0.2) is 23.0 Å². The molecule has 0 amide bonds. The zero-order valence-corrected chi connectivity index (χ0v) is 16.8. The van der Waals surface area contributed by atoms with Crippen LogP contribution in [0.3, 0.4) is 0 Å². The summed E-state index contributed by atoms with van der Waals surface area (Å²) in [5.74, 6) is 2.20. The summed E-state index contributed by atoms with van der Waals surface area (Å²) in [6.07, 6.45) is 2.01. The van der Waals surface area contributed by atoms with E-state index in [1.807, 2.05) is 31.2 Å². The van der Waals surface area contributed by atoms with Crippen molar-refractivity contribution in [3.05, 3.63) is 59.8 Å². The van der Waals surface area contributed by atoms with E-state index in [4.69, 9.17) is 18.9 Å². The van der Waals surface area contributed by atoms with Gasteiger partial charge in [-0.25, -0.2) is 0 Å². The lowest BCUT2D eigenvalue weighted by Gasteiger charge is -2.47. The van der Waals surface area contributed by atoms with Crippen molar-refractivity contribution in [3.8, 4) is 28.7 Å². The highest BCUT2D eigenvalue weighted by Gasteiger charge is 2.39. The van der Waals surface area contributed by atoms with Crippen LogP contribution in [-0.4, -0.2) is 33.5 Å². The lowest BCUT2D eigenvalue weighted by Crippen LogP contribution is -2.41. The van der Waals surface area contributed by atoms with Gasteiger partial charge in [-0.15, -0.1) is 0 Å². The molecule has 1 atom stereocenters. The first-order valence-electron chi connectivity index (χ1n) is 8.82. The maximum Gasteiger partial charge on any atom is 0.203 e. The SMILES string of the molecule is C=C1/C(=C\C)N(c2cc(OC)c(OC)c(OC)c2)[C@H]1c1ccc(OC)c(O)c1. The number of phenols is 1. The monoisotopic (exact) mass is 383 g/mol. The summed E-state index contributed by atoms with van der Waals surface area (Å²) in [6, 6.07) is 9.03. The van der Waals surface area contributed by atoms with Crippen LogP contribution >= 0.6 is 0 Å². The third-order valence-corrected chi connectivity index (χ3v) is 4.90. The average molecular weight is 383 g/mol. The zero-order valence-electron chi connectivity index (χ0n) is 16.8. The molecule has 1 saturated heterocycles. The molecule has 1 aliphatic heterocycles. The van der Waals surface area contributed by atoms with Crippen molar-refractivity contribution in [1.82, 2.24) is 0 Å². The predicted molar refractivity (Wildman–Crippen MR) is 109 cm³/mol. The molecule has 1 aliphatic rings. The fourth-order valence-electron chi connectivity index (χ4n) is 3.57. The second-order valence-electron chi connectivity index (χ2n) is 6.29. The van der Waals surface area contributed by atoms with E-state index >= 15 is 0 Å². The molecule has 0 radical (unpaired) electrons. The number of hydrogen-bond acceptors (Lipinski definition) is 6. The van der Waals surface area contributed by atoms with Crippen molar-refractivity contribution in [1.29, 1.82) is 0 Å². The van der Waals surface area contributed by atoms with Crippen LogP contribution in [0.2, 0.25) is 0 Å². The van der Waals surface area contributed by atoms with Crippen LogP contribution in [0.15, 0.2) is 54.3 Å². The maximum absolute atomic E-state index is 10.2. The molecule has 1 heterocycles. The molecule has 0 saturated carbocycles. The second-order valence-corrected chi connectivity index (χ2v) is 6.29. The Morgan fingerprint density at radius 3 is 2.00 bits per heavy atom. The van der Waals surface area contributed by atoms with Crippen LogP contribution in [0, 0.1) is 0 Å². The van der Waals surface area contributed by atoms with E-state index in [0.717, 1.165) is 22.5 Å². The molecule has 0 spiro atoms. The van der Waals surface area contributed by atoms with Gasteiger partial charge >= 0.3 is 0 Å². The van der Waals surface area contributed by atoms with Gasteiger partial charge in [0.2, 0.25) is 5.75 Å². The van der Waals surface area contributed by atoms with Crippen LogP contribution in [0.5, 0.6) is 28.7 Å². The zero-order chi connectivity index (χ0) is 20.4. The number of ether oxygens (including phenoxy) is 4. The van der Waals surface area contributed by atoms with Gasteiger partial charge in [-0.1, -0.05) is 18.7 Å². The van der Waals surface area contributed by atoms with Gasteiger partial charge in [-0.3, -0.25) is 0 Å². The lowest BCUT2D eigenvalue weighted by atomic mass is 9.85. The van der Waals surface area contributed by atoms with Crippen molar-refractivity contribution in [2.24, 2.45) is 0 Å². The maximum atomic E-state index is 10.2. The van der Waals surface area contributed by atoms with Gasteiger partial charge in [0.1, 0.15) is 0 Å². The molecular weight excluding hydrogens is 358 g/mol. The fraction of sp³-hybridized carbons (Fsp3) is 0.273. The molecule has 28 heavy (non-hydrogen) atoms. The lowest BCUT2D eigenvalue weighted by molar-refractivity contribution is 0.324. The largest absolute Gasteiger partial charge is 0.504 e. The Hall–Kier alpha value is -3.28. The van der Waals surface area contributed by atoms with E-state index in [2.05, 4.69) is 11.5 Å². The number of nitrogens with zero attached hydrogens (tertiary/aromatic N) is 1. The Morgan fingerprint density at radius 2 is 1.54 bits per heavy atom. The summed E-state index contributed by atoms with van der Waals surface area (Å²) in [4.78, 5) is 2.12. The van der Waals surface area contributed by atoms with Gasteiger partial charge in [-0.2, -0.15) is 0 Å². The topological polar surface area (TPSA) is 60.4 Å². The Bertz CT molecular complexity index is 910. The first kappa shape index (κ1) is 19.5. The number of benzene rings is 2. The van der Waals surface area contributed by atoms with E-state index in [-0.39, 0.29) is 11.8 Å². The Morgan fingerprint density at radius 1 is 0.929 bits per heavy atom. The van der Waals surface area contributed by atoms with Gasteiger partial charge in [0.25, 0.3) is 0 Å². The molecule has 148 valence electrons. The van der Waals surface area contributed by atoms with Crippen molar-refractivity contribution in [2.45, 2.75) is 13.0 Å². The molecule has 6 nitrogen and oxygen atoms in total. The molecular formula is C22H25NO5. The van der Waals surface area contributed by atoms with E-state index in [1.54, 1.807) is 33.5 Å². The number of phenolic OH excluding ortho intramolecular Hbond substituents is 1. The fourth-order valence-corrected chi connectivity index (χ4v) is 3.57. The average Bonchev–Trinajstić information content (AvgIpc) is 2.71. The van der Waals surface area contributed by atoms with Gasteiger partial charge in [0.05, 0.1) is 34.5 Å². The summed E-state index contributed by atoms with van der Waals surface area (Å²) in [6.45, 7) is 6.19. The van der Waals surface area contributed by atoms with Crippen molar-refractivity contribution in [3.63, 3.8) is 0 Å². The smallest absolute Gasteiger partial charge is 0.203 e. The Labute approximate surface area is 165 Å². The highest BCUT2D eigenvalue weighted by molar-refractivity contribution is 5.74. The predicted octanol–water partition coefficient (Wildman–Crippen LogP) is 4.45. The second kappa shape index (κ2) is 7.76. The number of hydrogen-bond donors (Lipinski definition) is 1. The normalized spacial score (nSPS) is 17.3. The number of allylic oxidation sites excluding steroid dienone is 1. The van der Waals surface area contributed by atoms with Crippen LogP contribution in [-0.2, 0) is 0 Å². The third kappa shape index (κ3) is 3.01. The van der Waals surface area contributed by atoms with E-state index in [1.165, 1.54) is 7.11 Å². The molecule has 6 heteroatoms. The summed E-state index contributed by atoms with van der Waals surface area (Å²) < 4.78 is 21.6. The van der Waals surface area contributed by atoms with E-state index in [9.17, 15) is 5.11 Å². The van der Waals surface area contributed by atoms with E-state index < -0.39 is 0 Å². The number of rotatable bonds is 6. The van der Waals surface area contributed by atoms with Crippen molar-refractivity contribution in [2.75, 3.05) is 33.3 Å². The molecule has 1 N–H and O–H groups in total. The molecule has 0 aliphatic carbocycles.